The lowest BCUT2D eigenvalue weighted by Crippen LogP contribution is -1.80. The molecule has 0 atom stereocenters. The minimum atomic E-state index is 0.785. The number of hydrogen-bond acceptors (Lipinski definition) is 2. The monoisotopic (exact) mass is 265 g/mol. The number of hydrogen-bond donors (Lipinski definition) is 0. The summed E-state index contributed by atoms with van der Waals surface area (Å²) in [4.78, 5) is 0.785. The lowest BCUT2D eigenvalue weighted by atomic mass is 10.1. The van der Waals surface area contributed by atoms with Crippen LogP contribution in [0.15, 0.2) is 18.2 Å². The van der Waals surface area contributed by atoms with E-state index < -0.39 is 0 Å². The number of halogens is 1. The maximum Gasteiger partial charge on any atom is 0.110 e. The van der Waals surface area contributed by atoms with Gasteiger partial charge in [-0.25, -0.2) is 0 Å². The predicted molar refractivity (Wildman–Crippen MR) is 63.9 cm³/mol. The lowest BCUT2D eigenvalue weighted by Gasteiger charge is -2.00. The van der Waals surface area contributed by atoms with Crippen molar-refractivity contribution in [1.29, 1.82) is 5.26 Å². The Bertz CT molecular complexity index is 522. The standard InChI is InChI=1S/C11H8BrNS/c1-7-2-8(5-12)10-4-9(6-13)14-11(10)3-7/h2-4H,5H2,1H3. The number of nitriles is 1. The summed E-state index contributed by atoms with van der Waals surface area (Å²) in [5.41, 5.74) is 2.51. The van der Waals surface area contributed by atoms with E-state index in [-0.39, 0.29) is 0 Å². The van der Waals surface area contributed by atoms with Crippen LogP contribution in [0, 0.1) is 18.3 Å². The summed E-state index contributed by atoms with van der Waals surface area (Å²) in [6.07, 6.45) is 0. The molecule has 0 spiro atoms. The molecule has 0 fully saturated rings. The second kappa shape index (κ2) is 3.72. The smallest absolute Gasteiger partial charge is 0.110 e. The van der Waals surface area contributed by atoms with Gasteiger partial charge in [-0.2, -0.15) is 5.26 Å². The fourth-order valence-electron chi connectivity index (χ4n) is 1.53. The van der Waals surface area contributed by atoms with Crippen LogP contribution in [0.25, 0.3) is 10.1 Å². The van der Waals surface area contributed by atoms with Gasteiger partial charge in [-0.05, 0) is 35.6 Å². The third-order valence-corrected chi connectivity index (χ3v) is 3.71. The predicted octanol–water partition coefficient (Wildman–Crippen LogP) is 3.98. The van der Waals surface area contributed by atoms with Crippen molar-refractivity contribution in [3.8, 4) is 6.07 Å². The summed E-state index contributed by atoms with van der Waals surface area (Å²) >= 11 is 5.02. The first-order valence-corrected chi connectivity index (χ1v) is 6.17. The Morgan fingerprint density at radius 1 is 1.43 bits per heavy atom. The zero-order valence-corrected chi connectivity index (χ0v) is 10.1. The fourth-order valence-corrected chi connectivity index (χ4v) is 3.00. The van der Waals surface area contributed by atoms with Crippen LogP contribution in [-0.4, -0.2) is 0 Å². The second-order valence-corrected chi connectivity index (χ2v) is 4.84. The molecule has 0 aliphatic rings. The van der Waals surface area contributed by atoms with Crippen molar-refractivity contribution in [1.82, 2.24) is 0 Å². The first-order chi connectivity index (χ1) is 6.74. The van der Waals surface area contributed by atoms with Crippen molar-refractivity contribution in [2.75, 3.05) is 0 Å². The zero-order valence-electron chi connectivity index (χ0n) is 7.67. The quantitative estimate of drug-likeness (QED) is 0.716. The Labute approximate surface area is 95.1 Å². The van der Waals surface area contributed by atoms with Crippen molar-refractivity contribution in [2.24, 2.45) is 0 Å². The van der Waals surface area contributed by atoms with Gasteiger partial charge in [0.2, 0.25) is 0 Å². The van der Waals surface area contributed by atoms with E-state index in [1.807, 2.05) is 6.07 Å². The molecule has 0 aliphatic carbocycles. The highest BCUT2D eigenvalue weighted by Gasteiger charge is 2.06. The van der Waals surface area contributed by atoms with E-state index in [1.165, 1.54) is 21.2 Å². The molecule has 0 radical (unpaired) electrons. The van der Waals surface area contributed by atoms with E-state index >= 15 is 0 Å². The van der Waals surface area contributed by atoms with Gasteiger partial charge < -0.3 is 0 Å². The highest BCUT2D eigenvalue weighted by Crippen LogP contribution is 2.30. The molecule has 2 aromatic rings. The number of fused-ring (bicyclic) bond motifs is 1. The molecule has 0 unspecified atom stereocenters. The van der Waals surface area contributed by atoms with Crippen LogP contribution in [0.2, 0.25) is 0 Å². The second-order valence-electron chi connectivity index (χ2n) is 3.19. The molecular weight excluding hydrogens is 258 g/mol. The van der Waals surface area contributed by atoms with E-state index in [2.05, 4.69) is 41.1 Å². The summed E-state index contributed by atoms with van der Waals surface area (Å²) in [5.74, 6) is 0. The van der Waals surface area contributed by atoms with E-state index in [0.29, 0.717) is 0 Å². The molecule has 0 saturated heterocycles. The number of thiophene rings is 1. The molecule has 70 valence electrons. The van der Waals surface area contributed by atoms with Gasteiger partial charge in [0, 0.05) is 10.0 Å². The van der Waals surface area contributed by atoms with Crippen LogP contribution in [0.5, 0.6) is 0 Å². The minimum absolute atomic E-state index is 0.785. The van der Waals surface area contributed by atoms with Crippen molar-refractivity contribution in [3.05, 3.63) is 34.2 Å². The number of benzene rings is 1. The summed E-state index contributed by atoms with van der Waals surface area (Å²) < 4.78 is 1.20. The third kappa shape index (κ3) is 1.56. The number of nitrogens with zero attached hydrogens (tertiary/aromatic N) is 1. The molecule has 3 heteroatoms. The summed E-state index contributed by atoms with van der Waals surface area (Å²) in [6.45, 7) is 2.08. The molecule has 1 aromatic heterocycles. The third-order valence-electron chi connectivity index (χ3n) is 2.12. The number of alkyl halides is 1. The maximum absolute atomic E-state index is 8.82. The van der Waals surface area contributed by atoms with Gasteiger partial charge in [0.1, 0.15) is 10.9 Å². The van der Waals surface area contributed by atoms with Crippen molar-refractivity contribution < 1.29 is 0 Å². The van der Waals surface area contributed by atoms with Crippen LogP contribution in [0.4, 0.5) is 0 Å². The highest BCUT2D eigenvalue weighted by molar-refractivity contribution is 9.08. The fraction of sp³-hybridized carbons (Fsp3) is 0.182. The van der Waals surface area contributed by atoms with Gasteiger partial charge in [0.15, 0.2) is 0 Å². The topological polar surface area (TPSA) is 23.8 Å². The molecule has 1 nitrogen and oxygen atoms in total. The Morgan fingerprint density at radius 2 is 2.21 bits per heavy atom. The van der Waals surface area contributed by atoms with Crippen molar-refractivity contribution in [2.45, 2.75) is 12.3 Å². The molecule has 0 N–H and O–H groups in total. The molecule has 2 rings (SSSR count). The SMILES string of the molecule is Cc1cc(CBr)c2cc(C#N)sc2c1. The molecule has 0 aliphatic heterocycles. The highest BCUT2D eigenvalue weighted by atomic mass is 79.9. The molecule has 14 heavy (non-hydrogen) atoms. The molecule has 1 heterocycles. The Balaban J connectivity index is 2.79. The molecule has 0 saturated carbocycles. The van der Waals surface area contributed by atoms with Gasteiger partial charge in [0.05, 0.1) is 0 Å². The largest absolute Gasteiger partial charge is 0.192 e. The van der Waals surface area contributed by atoms with Gasteiger partial charge in [-0.15, -0.1) is 11.3 Å². The molecule has 0 amide bonds. The Hall–Kier alpha value is -0.850. The van der Waals surface area contributed by atoms with Crippen molar-refractivity contribution in [3.63, 3.8) is 0 Å². The number of aryl methyl sites for hydroxylation is 1. The molecule has 0 bridgehead atoms. The first kappa shape index (κ1) is 9.70. The number of rotatable bonds is 1. The van der Waals surface area contributed by atoms with Crippen LogP contribution in [0.3, 0.4) is 0 Å². The average Bonchev–Trinajstić information content (AvgIpc) is 2.59. The molecular formula is C11H8BrNS. The van der Waals surface area contributed by atoms with E-state index in [9.17, 15) is 0 Å². The van der Waals surface area contributed by atoms with Crippen molar-refractivity contribution >= 4 is 37.4 Å². The van der Waals surface area contributed by atoms with Crippen LogP contribution in [0.1, 0.15) is 16.0 Å². The summed E-state index contributed by atoms with van der Waals surface area (Å²) in [7, 11) is 0. The first-order valence-electron chi connectivity index (χ1n) is 4.23. The van der Waals surface area contributed by atoms with E-state index in [4.69, 9.17) is 5.26 Å². The summed E-state index contributed by atoms with van der Waals surface area (Å²) in [6, 6.07) is 8.45. The summed E-state index contributed by atoms with van der Waals surface area (Å²) in [5, 5.41) is 10.9. The van der Waals surface area contributed by atoms with Crippen LogP contribution < -0.4 is 0 Å². The van der Waals surface area contributed by atoms with Crippen LogP contribution in [-0.2, 0) is 5.33 Å². The molecule has 1 aromatic carbocycles. The maximum atomic E-state index is 8.82. The van der Waals surface area contributed by atoms with E-state index in [1.54, 1.807) is 11.3 Å². The van der Waals surface area contributed by atoms with Crippen LogP contribution >= 0.6 is 27.3 Å². The Morgan fingerprint density at radius 3 is 2.86 bits per heavy atom. The van der Waals surface area contributed by atoms with Gasteiger partial charge in [-0.3, -0.25) is 0 Å². The average molecular weight is 266 g/mol. The lowest BCUT2D eigenvalue weighted by molar-refractivity contribution is 1.42. The van der Waals surface area contributed by atoms with Gasteiger partial charge >= 0.3 is 0 Å². The van der Waals surface area contributed by atoms with Gasteiger partial charge in [0.25, 0.3) is 0 Å². The van der Waals surface area contributed by atoms with E-state index in [0.717, 1.165) is 10.2 Å². The minimum Gasteiger partial charge on any atom is -0.192 e. The van der Waals surface area contributed by atoms with Gasteiger partial charge in [-0.1, -0.05) is 22.0 Å². The zero-order chi connectivity index (χ0) is 10.1. The Kier molecular flexibility index (Phi) is 2.58. The normalized spacial score (nSPS) is 10.4.